The second-order valence-corrected chi connectivity index (χ2v) is 3.46. The molecule has 0 spiro atoms. The molecule has 0 aromatic carbocycles. The van der Waals surface area contributed by atoms with E-state index in [1.807, 2.05) is 6.92 Å². The molecule has 1 nitrogen and oxygen atoms in total. The van der Waals surface area contributed by atoms with Crippen LogP contribution in [0.2, 0.25) is 0 Å². The van der Waals surface area contributed by atoms with Crippen molar-refractivity contribution in [1.82, 2.24) is 0 Å². The first-order valence-corrected chi connectivity index (χ1v) is 4.63. The van der Waals surface area contributed by atoms with Crippen LogP contribution in [0.1, 0.15) is 30.2 Å². The molecule has 1 heterocycles. The van der Waals surface area contributed by atoms with Crippen molar-refractivity contribution in [1.29, 1.82) is 5.26 Å². The highest BCUT2D eigenvalue weighted by Crippen LogP contribution is 2.25. The molecule has 1 aromatic heterocycles. The van der Waals surface area contributed by atoms with Crippen LogP contribution in [0.15, 0.2) is 11.4 Å². The van der Waals surface area contributed by atoms with E-state index >= 15 is 0 Å². The number of nitriles is 1. The van der Waals surface area contributed by atoms with Gasteiger partial charge in [0.25, 0.3) is 0 Å². The summed E-state index contributed by atoms with van der Waals surface area (Å²) in [4.78, 5) is 1.23. The van der Waals surface area contributed by atoms with Crippen LogP contribution in [0.25, 0.3) is 0 Å². The maximum absolute atomic E-state index is 8.68. The van der Waals surface area contributed by atoms with Crippen molar-refractivity contribution in [3.63, 3.8) is 0 Å². The zero-order valence-corrected chi connectivity index (χ0v) is 7.61. The van der Waals surface area contributed by atoms with Crippen LogP contribution in [0.4, 0.5) is 0 Å². The van der Waals surface area contributed by atoms with Crippen LogP contribution in [-0.2, 0) is 6.42 Å². The van der Waals surface area contributed by atoms with E-state index in [-0.39, 0.29) is 5.92 Å². The molecular formula is C9H11NS. The summed E-state index contributed by atoms with van der Waals surface area (Å²) >= 11 is 1.68. The van der Waals surface area contributed by atoms with E-state index in [1.165, 1.54) is 10.4 Å². The zero-order chi connectivity index (χ0) is 8.27. The van der Waals surface area contributed by atoms with Crippen LogP contribution < -0.4 is 0 Å². The molecule has 0 N–H and O–H groups in total. The Labute approximate surface area is 71.3 Å². The number of hydrogen-bond donors (Lipinski definition) is 0. The molecule has 2 heteroatoms. The minimum atomic E-state index is 0.0601. The van der Waals surface area contributed by atoms with Gasteiger partial charge in [0.05, 0.1) is 12.0 Å². The molecule has 0 aliphatic rings. The maximum Gasteiger partial charge on any atom is 0.0780 e. The standard InChI is InChI=1S/C9H11NS/c1-3-8-4-5-11-9(8)7(2)6-10/h4-5,7H,3H2,1-2H3. The quantitative estimate of drug-likeness (QED) is 0.661. The Bertz CT molecular complexity index is 269. The maximum atomic E-state index is 8.68. The summed E-state index contributed by atoms with van der Waals surface area (Å²) in [7, 11) is 0. The minimum absolute atomic E-state index is 0.0601. The van der Waals surface area contributed by atoms with Gasteiger partial charge < -0.3 is 0 Å². The van der Waals surface area contributed by atoms with E-state index in [2.05, 4.69) is 24.4 Å². The monoisotopic (exact) mass is 165 g/mol. The predicted octanol–water partition coefficient (Wildman–Crippen LogP) is 2.94. The van der Waals surface area contributed by atoms with Gasteiger partial charge in [0, 0.05) is 4.88 Å². The molecule has 0 aliphatic heterocycles. The summed E-state index contributed by atoms with van der Waals surface area (Å²) in [6, 6.07) is 4.36. The molecule has 1 unspecified atom stereocenters. The van der Waals surface area contributed by atoms with Crippen LogP contribution in [0.3, 0.4) is 0 Å². The summed E-state index contributed by atoms with van der Waals surface area (Å²) in [5.74, 6) is 0.0601. The first-order valence-electron chi connectivity index (χ1n) is 3.75. The predicted molar refractivity (Wildman–Crippen MR) is 47.7 cm³/mol. The summed E-state index contributed by atoms with van der Waals surface area (Å²) < 4.78 is 0. The highest BCUT2D eigenvalue weighted by molar-refractivity contribution is 7.10. The molecule has 0 radical (unpaired) electrons. The van der Waals surface area contributed by atoms with E-state index < -0.39 is 0 Å². The van der Waals surface area contributed by atoms with Crippen molar-refractivity contribution in [2.75, 3.05) is 0 Å². The van der Waals surface area contributed by atoms with Gasteiger partial charge in [-0.3, -0.25) is 0 Å². The molecule has 0 fully saturated rings. The fraction of sp³-hybridized carbons (Fsp3) is 0.444. The van der Waals surface area contributed by atoms with Crippen LogP contribution >= 0.6 is 11.3 Å². The SMILES string of the molecule is CCc1ccsc1C(C)C#N. The zero-order valence-electron chi connectivity index (χ0n) is 6.79. The van der Waals surface area contributed by atoms with Gasteiger partial charge in [-0.25, -0.2) is 0 Å². The van der Waals surface area contributed by atoms with E-state index in [1.54, 1.807) is 11.3 Å². The number of thiophene rings is 1. The molecule has 11 heavy (non-hydrogen) atoms. The highest BCUT2D eigenvalue weighted by atomic mass is 32.1. The Kier molecular flexibility index (Phi) is 2.67. The van der Waals surface area contributed by atoms with Gasteiger partial charge in [0.15, 0.2) is 0 Å². The lowest BCUT2D eigenvalue weighted by Gasteiger charge is -2.00. The first-order chi connectivity index (χ1) is 5.29. The van der Waals surface area contributed by atoms with Gasteiger partial charge in [-0.15, -0.1) is 11.3 Å². The fourth-order valence-electron chi connectivity index (χ4n) is 1.08. The van der Waals surface area contributed by atoms with E-state index in [4.69, 9.17) is 5.26 Å². The van der Waals surface area contributed by atoms with Gasteiger partial charge in [-0.1, -0.05) is 6.92 Å². The Morgan fingerprint density at radius 2 is 2.45 bits per heavy atom. The third-order valence-electron chi connectivity index (χ3n) is 1.75. The summed E-state index contributed by atoms with van der Waals surface area (Å²) in [5.41, 5.74) is 1.32. The molecule has 0 amide bonds. The van der Waals surface area contributed by atoms with Crippen molar-refractivity contribution in [2.45, 2.75) is 26.2 Å². The Balaban J connectivity index is 2.94. The van der Waals surface area contributed by atoms with Crippen molar-refractivity contribution >= 4 is 11.3 Å². The topological polar surface area (TPSA) is 23.8 Å². The summed E-state index contributed by atoms with van der Waals surface area (Å²) in [6.07, 6.45) is 1.03. The number of rotatable bonds is 2. The van der Waals surface area contributed by atoms with Gasteiger partial charge in [0.1, 0.15) is 0 Å². The Hall–Kier alpha value is -0.810. The number of aryl methyl sites for hydroxylation is 1. The molecule has 0 bridgehead atoms. The van der Waals surface area contributed by atoms with Gasteiger partial charge in [-0.05, 0) is 30.4 Å². The first kappa shape index (κ1) is 8.29. The highest BCUT2D eigenvalue weighted by Gasteiger charge is 2.09. The average molecular weight is 165 g/mol. The lowest BCUT2D eigenvalue weighted by molar-refractivity contribution is 0.973. The molecule has 0 saturated carbocycles. The number of nitrogens with zero attached hydrogens (tertiary/aromatic N) is 1. The van der Waals surface area contributed by atoms with Gasteiger partial charge in [0.2, 0.25) is 0 Å². The van der Waals surface area contributed by atoms with E-state index in [0.29, 0.717) is 0 Å². The largest absolute Gasteiger partial charge is 0.198 e. The molecule has 0 saturated heterocycles. The summed E-state index contributed by atoms with van der Waals surface area (Å²) in [5, 5.41) is 10.7. The van der Waals surface area contributed by atoms with Crippen molar-refractivity contribution in [3.8, 4) is 6.07 Å². The minimum Gasteiger partial charge on any atom is -0.198 e. The second-order valence-electron chi connectivity index (χ2n) is 2.51. The van der Waals surface area contributed by atoms with E-state index in [0.717, 1.165) is 6.42 Å². The van der Waals surface area contributed by atoms with E-state index in [9.17, 15) is 0 Å². The molecule has 1 atom stereocenters. The lowest BCUT2D eigenvalue weighted by Crippen LogP contribution is -1.89. The fourth-order valence-corrected chi connectivity index (χ4v) is 2.08. The molecule has 1 rings (SSSR count). The second kappa shape index (κ2) is 3.54. The van der Waals surface area contributed by atoms with Crippen molar-refractivity contribution < 1.29 is 0 Å². The average Bonchev–Trinajstić information content (AvgIpc) is 2.50. The van der Waals surface area contributed by atoms with Gasteiger partial charge in [-0.2, -0.15) is 5.26 Å². The molecule has 1 aromatic rings. The Morgan fingerprint density at radius 3 is 3.00 bits per heavy atom. The molecule has 58 valence electrons. The van der Waals surface area contributed by atoms with Crippen LogP contribution in [-0.4, -0.2) is 0 Å². The molecule has 0 aliphatic carbocycles. The van der Waals surface area contributed by atoms with Crippen molar-refractivity contribution in [2.24, 2.45) is 0 Å². The van der Waals surface area contributed by atoms with Gasteiger partial charge >= 0.3 is 0 Å². The third-order valence-corrected chi connectivity index (χ3v) is 2.89. The normalized spacial score (nSPS) is 12.5. The lowest BCUT2D eigenvalue weighted by atomic mass is 10.1. The summed E-state index contributed by atoms with van der Waals surface area (Å²) in [6.45, 7) is 4.07. The smallest absolute Gasteiger partial charge is 0.0780 e. The molecular weight excluding hydrogens is 154 g/mol. The number of hydrogen-bond acceptors (Lipinski definition) is 2. The Morgan fingerprint density at radius 1 is 1.73 bits per heavy atom. The van der Waals surface area contributed by atoms with Crippen LogP contribution in [0, 0.1) is 11.3 Å². The third kappa shape index (κ3) is 1.61. The van der Waals surface area contributed by atoms with Crippen molar-refractivity contribution in [3.05, 3.63) is 21.9 Å². The van der Waals surface area contributed by atoms with Crippen LogP contribution in [0.5, 0.6) is 0 Å².